The van der Waals surface area contributed by atoms with Gasteiger partial charge in [-0.05, 0) is 50.6 Å². The van der Waals surface area contributed by atoms with Crippen molar-refractivity contribution in [2.24, 2.45) is 0 Å². The van der Waals surface area contributed by atoms with Crippen molar-refractivity contribution in [3.05, 3.63) is 71.5 Å². The zero-order valence-corrected chi connectivity index (χ0v) is 17.1. The lowest BCUT2D eigenvalue weighted by Gasteiger charge is -2.33. The molecule has 0 heterocycles. The summed E-state index contributed by atoms with van der Waals surface area (Å²) in [6.07, 6.45) is -0.842. The molecule has 30 heavy (non-hydrogen) atoms. The third-order valence-electron chi connectivity index (χ3n) is 4.01. The van der Waals surface area contributed by atoms with Crippen LogP contribution in [0.3, 0.4) is 0 Å². The first-order valence-electron chi connectivity index (χ1n) is 9.23. The van der Waals surface area contributed by atoms with Crippen molar-refractivity contribution in [1.82, 2.24) is 4.90 Å². The van der Waals surface area contributed by atoms with Crippen LogP contribution in [0, 0.1) is 5.82 Å². The Morgan fingerprint density at radius 2 is 1.53 bits per heavy atom. The molecule has 0 aliphatic carbocycles. The SMILES string of the molecule is CC(C)(C)N(CC(=O)OCc1ccccc1)C(=O)OCOC(=O)c1ccc(F)cc1. The van der Waals surface area contributed by atoms with Gasteiger partial charge in [-0.3, -0.25) is 9.69 Å². The van der Waals surface area contributed by atoms with Crippen molar-refractivity contribution in [3.8, 4) is 0 Å². The fraction of sp³-hybridized carbons (Fsp3) is 0.318. The molecule has 0 aromatic heterocycles. The molecule has 0 unspecified atom stereocenters. The number of carbonyl (C=O) groups excluding carboxylic acids is 3. The Balaban J connectivity index is 1.86. The van der Waals surface area contributed by atoms with E-state index in [1.54, 1.807) is 20.8 Å². The standard InChI is InChI=1S/C22H24FNO6/c1-22(2,3)24(13-19(25)28-14-16-7-5-4-6-8-16)21(27)30-15-29-20(26)17-9-11-18(23)12-10-17/h4-12H,13-15H2,1-3H3. The molecule has 0 bridgehead atoms. The molecule has 2 rings (SSSR count). The number of benzene rings is 2. The summed E-state index contributed by atoms with van der Waals surface area (Å²) in [5.74, 6) is -1.86. The zero-order valence-electron chi connectivity index (χ0n) is 17.1. The lowest BCUT2D eigenvalue weighted by atomic mass is 10.1. The fourth-order valence-electron chi connectivity index (χ4n) is 2.37. The maximum absolute atomic E-state index is 12.9. The molecule has 0 radical (unpaired) electrons. The van der Waals surface area contributed by atoms with E-state index in [-0.39, 0.29) is 18.7 Å². The van der Waals surface area contributed by atoms with Gasteiger partial charge in [0, 0.05) is 5.54 Å². The summed E-state index contributed by atoms with van der Waals surface area (Å²) in [4.78, 5) is 37.7. The van der Waals surface area contributed by atoms with E-state index in [9.17, 15) is 18.8 Å². The molecule has 0 saturated carbocycles. The molecule has 160 valence electrons. The number of rotatable bonds is 7. The first kappa shape index (κ1) is 22.9. The van der Waals surface area contributed by atoms with Gasteiger partial charge in [-0.1, -0.05) is 30.3 Å². The summed E-state index contributed by atoms with van der Waals surface area (Å²) in [5.41, 5.74) is 0.192. The highest BCUT2D eigenvalue weighted by atomic mass is 19.1. The van der Waals surface area contributed by atoms with Gasteiger partial charge in [0.25, 0.3) is 0 Å². The quantitative estimate of drug-likeness (QED) is 0.502. The summed E-state index contributed by atoms with van der Waals surface area (Å²) in [7, 11) is 0. The first-order valence-corrected chi connectivity index (χ1v) is 9.23. The minimum atomic E-state index is -0.842. The summed E-state index contributed by atoms with van der Waals surface area (Å²) >= 11 is 0. The second-order valence-corrected chi connectivity index (χ2v) is 7.37. The van der Waals surface area contributed by atoms with Gasteiger partial charge >= 0.3 is 18.0 Å². The van der Waals surface area contributed by atoms with Crippen LogP contribution < -0.4 is 0 Å². The van der Waals surface area contributed by atoms with Gasteiger partial charge in [0.1, 0.15) is 19.0 Å². The lowest BCUT2D eigenvalue weighted by molar-refractivity contribution is -0.147. The van der Waals surface area contributed by atoms with E-state index in [1.165, 1.54) is 17.0 Å². The predicted octanol–water partition coefficient (Wildman–Crippen LogP) is 3.92. The zero-order chi connectivity index (χ0) is 22.1. The van der Waals surface area contributed by atoms with Crippen molar-refractivity contribution in [2.75, 3.05) is 13.3 Å². The average Bonchev–Trinajstić information content (AvgIpc) is 2.70. The Morgan fingerprint density at radius 1 is 0.900 bits per heavy atom. The van der Waals surface area contributed by atoms with E-state index >= 15 is 0 Å². The smallest absolute Gasteiger partial charge is 0.413 e. The molecule has 0 fully saturated rings. The van der Waals surface area contributed by atoms with Crippen molar-refractivity contribution in [3.63, 3.8) is 0 Å². The average molecular weight is 417 g/mol. The molecule has 0 atom stereocenters. The Bertz CT molecular complexity index is 861. The van der Waals surface area contributed by atoms with Crippen LogP contribution in [0.5, 0.6) is 0 Å². The Labute approximate surface area is 174 Å². The highest BCUT2D eigenvalue weighted by Gasteiger charge is 2.30. The molecule has 8 heteroatoms. The van der Waals surface area contributed by atoms with Crippen molar-refractivity contribution < 1.29 is 33.0 Å². The molecule has 2 aromatic carbocycles. The van der Waals surface area contributed by atoms with Crippen LogP contribution in [0.2, 0.25) is 0 Å². The number of hydrogen-bond donors (Lipinski definition) is 0. The van der Waals surface area contributed by atoms with Crippen LogP contribution in [-0.2, 0) is 25.6 Å². The minimum absolute atomic E-state index is 0.0853. The number of hydrogen-bond acceptors (Lipinski definition) is 6. The third-order valence-corrected chi connectivity index (χ3v) is 4.01. The second-order valence-electron chi connectivity index (χ2n) is 7.37. The van der Waals surface area contributed by atoms with E-state index in [4.69, 9.17) is 14.2 Å². The van der Waals surface area contributed by atoms with Crippen LogP contribution in [0.1, 0.15) is 36.7 Å². The molecule has 0 saturated heterocycles. The van der Waals surface area contributed by atoms with Gasteiger partial charge in [-0.15, -0.1) is 0 Å². The minimum Gasteiger partial charge on any atom is -0.459 e. The molecular weight excluding hydrogens is 393 g/mol. The van der Waals surface area contributed by atoms with E-state index in [2.05, 4.69) is 0 Å². The number of amides is 1. The number of ether oxygens (including phenoxy) is 3. The molecule has 0 aliphatic heterocycles. The second kappa shape index (κ2) is 10.4. The first-order chi connectivity index (χ1) is 14.2. The van der Waals surface area contributed by atoms with Gasteiger partial charge < -0.3 is 14.2 Å². The summed E-state index contributed by atoms with van der Waals surface area (Å²) < 4.78 is 27.9. The molecule has 7 nitrogen and oxygen atoms in total. The van der Waals surface area contributed by atoms with Crippen molar-refractivity contribution >= 4 is 18.0 Å². The van der Waals surface area contributed by atoms with Crippen LogP contribution >= 0.6 is 0 Å². The van der Waals surface area contributed by atoms with E-state index in [0.717, 1.165) is 17.7 Å². The summed E-state index contributed by atoms with van der Waals surface area (Å²) in [5, 5.41) is 0. The van der Waals surface area contributed by atoms with Gasteiger partial charge in [0.05, 0.1) is 5.56 Å². The van der Waals surface area contributed by atoms with Crippen LogP contribution in [0.4, 0.5) is 9.18 Å². The van der Waals surface area contributed by atoms with E-state index < -0.39 is 36.2 Å². The van der Waals surface area contributed by atoms with Gasteiger partial charge in [-0.2, -0.15) is 0 Å². The Kier molecular flexibility index (Phi) is 7.91. The maximum Gasteiger partial charge on any atom is 0.413 e. The van der Waals surface area contributed by atoms with Gasteiger partial charge in [0.2, 0.25) is 6.79 Å². The molecule has 1 amide bonds. The Hall–Kier alpha value is -3.42. The summed E-state index contributed by atoms with van der Waals surface area (Å²) in [6.45, 7) is 4.28. The molecule has 2 aromatic rings. The van der Waals surface area contributed by atoms with Crippen molar-refractivity contribution in [1.29, 1.82) is 0 Å². The highest BCUT2D eigenvalue weighted by Crippen LogP contribution is 2.15. The monoisotopic (exact) mass is 417 g/mol. The van der Waals surface area contributed by atoms with Crippen LogP contribution in [0.15, 0.2) is 54.6 Å². The third kappa shape index (κ3) is 7.20. The largest absolute Gasteiger partial charge is 0.459 e. The summed E-state index contributed by atoms with van der Waals surface area (Å²) in [6, 6.07) is 13.9. The molecule has 0 spiro atoms. The fourth-order valence-corrected chi connectivity index (χ4v) is 2.37. The molecular formula is C22H24FNO6. The lowest BCUT2D eigenvalue weighted by Crippen LogP contribution is -2.49. The predicted molar refractivity (Wildman–Crippen MR) is 106 cm³/mol. The number of halogens is 1. The van der Waals surface area contributed by atoms with Crippen LogP contribution in [0.25, 0.3) is 0 Å². The van der Waals surface area contributed by atoms with Gasteiger partial charge in [-0.25, -0.2) is 14.0 Å². The van der Waals surface area contributed by atoms with Gasteiger partial charge in [0.15, 0.2) is 0 Å². The molecule has 0 N–H and O–H groups in total. The van der Waals surface area contributed by atoms with E-state index in [1.807, 2.05) is 30.3 Å². The number of nitrogens with zero attached hydrogens (tertiary/aromatic N) is 1. The topological polar surface area (TPSA) is 82.1 Å². The highest BCUT2D eigenvalue weighted by molar-refractivity contribution is 5.89. The maximum atomic E-state index is 12.9. The normalized spacial score (nSPS) is 10.8. The van der Waals surface area contributed by atoms with Crippen LogP contribution in [-0.4, -0.2) is 41.8 Å². The van der Waals surface area contributed by atoms with Crippen molar-refractivity contribution in [2.45, 2.75) is 32.9 Å². The molecule has 0 aliphatic rings. The Morgan fingerprint density at radius 3 is 2.13 bits per heavy atom. The number of carbonyl (C=O) groups is 3. The number of esters is 2. The van der Waals surface area contributed by atoms with E-state index in [0.29, 0.717) is 0 Å².